The Bertz CT molecular complexity index is 776. The highest BCUT2D eigenvalue weighted by atomic mass is 16.2. The molecule has 0 aliphatic carbocycles. The third kappa shape index (κ3) is 5.58. The zero-order chi connectivity index (χ0) is 18.2. The Kier molecular flexibility index (Phi) is 6.47. The minimum absolute atomic E-state index is 0.159. The quantitative estimate of drug-likeness (QED) is 0.576. The third-order valence-electron chi connectivity index (χ3n) is 3.69. The fourth-order valence-electron chi connectivity index (χ4n) is 2.39. The largest absolute Gasteiger partial charge is 0.347 e. The smallest absolute Gasteiger partial charge is 0.239 e. The van der Waals surface area contributed by atoms with Crippen LogP contribution in [-0.2, 0) is 14.4 Å². The molecule has 3 amide bonds. The highest BCUT2D eigenvalue weighted by Gasteiger charge is 2.14. The molecule has 132 valence electrons. The summed E-state index contributed by atoms with van der Waals surface area (Å²) in [6.07, 6.45) is 0. The summed E-state index contributed by atoms with van der Waals surface area (Å²) in [5.41, 5.74) is 6.69. The van der Waals surface area contributed by atoms with Crippen LogP contribution in [0.5, 0.6) is 0 Å². The lowest BCUT2D eigenvalue weighted by atomic mass is 10.0. The number of benzene rings is 2. The average Bonchev–Trinajstić information content (AvgIpc) is 2.62. The summed E-state index contributed by atoms with van der Waals surface area (Å²) in [5, 5.41) is 9.78. The van der Waals surface area contributed by atoms with Gasteiger partial charge in [0.05, 0.1) is 19.1 Å². The molecule has 7 nitrogen and oxygen atoms in total. The van der Waals surface area contributed by atoms with E-state index in [1.54, 1.807) is 0 Å². The van der Waals surface area contributed by atoms with Gasteiger partial charge in [-0.2, -0.15) is 0 Å². The standard InChI is InChI=1S/C18H22N4O3/c1-12(23)20-10-17(24)21-11-18(25)22-16(9-19)15-7-6-13-4-2-3-5-14(13)8-15/h2-8,16H,9-11,19H2,1H3,(H,20,23)(H,21,24)(H,22,25). The monoisotopic (exact) mass is 342 g/mol. The SMILES string of the molecule is CC(=O)NCC(=O)NCC(=O)NC(CN)c1ccc2ccccc2c1. The van der Waals surface area contributed by atoms with Gasteiger partial charge in [-0.1, -0.05) is 36.4 Å². The van der Waals surface area contributed by atoms with Crippen LogP contribution >= 0.6 is 0 Å². The van der Waals surface area contributed by atoms with Crippen molar-refractivity contribution in [2.45, 2.75) is 13.0 Å². The predicted octanol–water partition coefficient (Wildman–Crippen LogP) is 0.208. The van der Waals surface area contributed by atoms with Crippen molar-refractivity contribution < 1.29 is 14.4 Å². The van der Waals surface area contributed by atoms with Gasteiger partial charge in [-0.3, -0.25) is 14.4 Å². The number of nitrogens with two attached hydrogens (primary N) is 1. The Morgan fingerprint density at radius 2 is 1.64 bits per heavy atom. The Balaban J connectivity index is 1.92. The molecule has 0 heterocycles. The third-order valence-corrected chi connectivity index (χ3v) is 3.69. The topological polar surface area (TPSA) is 113 Å². The zero-order valence-electron chi connectivity index (χ0n) is 14.0. The number of fused-ring (bicyclic) bond motifs is 1. The Morgan fingerprint density at radius 1 is 0.960 bits per heavy atom. The maximum atomic E-state index is 12.0. The van der Waals surface area contributed by atoms with Crippen LogP contribution in [0.3, 0.4) is 0 Å². The van der Waals surface area contributed by atoms with Gasteiger partial charge in [-0.05, 0) is 22.4 Å². The molecular weight excluding hydrogens is 320 g/mol. The minimum Gasteiger partial charge on any atom is -0.347 e. The van der Waals surface area contributed by atoms with E-state index in [0.717, 1.165) is 16.3 Å². The molecule has 2 aromatic carbocycles. The van der Waals surface area contributed by atoms with Crippen molar-refractivity contribution in [3.05, 3.63) is 48.0 Å². The molecule has 7 heteroatoms. The van der Waals surface area contributed by atoms with Gasteiger partial charge in [0.15, 0.2) is 0 Å². The summed E-state index contributed by atoms with van der Waals surface area (Å²) in [4.78, 5) is 34.3. The van der Waals surface area contributed by atoms with Crippen LogP contribution in [0.2, 0.25) is 0 Å². The van der Waals surface area contributed by atoms with E-state index in [1.807, 2.05) is 42.5 Å². The van der Waals surface area contributed by atoms with Gasteiger partial charge in [0.2, 0.25) is 17.7 Å². The number of carbonyl (C=O) groups is 3. The van der Waals surface area contributed by atoms with E-state index in [0.29, 0.717) is 0 Å². The fourth-order valence-corrected chi connectivity index (χ4v) is 2.39. The van der Waals surface area contributed by atoms with Gasteiger partial charge in [0.1, 0.15) is 0 Å². The van der Waals surface area contributed by atoms with E-state index in [9.17, 15) is 14.4 Å². The molecule has 0 aromatic heterocycles. The molecule has 0 bridgehead atoms. The van der Waals surface area contributed by atoms with Crippen LogP contribution in [0.4, 0.5) is 0 Å². The summed E-state index contributed by atoms with van der Waals surface area (Å²) >= 11 is 0. The van der Waals surface area contributed by atoms with Crippen molar-refractivity contribution in [1.29, 1.82) is 0 Å². The van der Waals surface area contributed by atoms with Crippen molar-refractivity contribution in [2.24, 2.45) is 5.73 Å². The van der Waals surface area contributed by atoms with E-state index in [4.69, 9.17) is 5.73 Å². The second-order valence-corrected chi connectivity index (χ2v) is 5.65. The van der Waals surface area contributed by atoms with Crippen LogP contribution < -0.4 is 21.7 Å². The number of hydrogen-bond acceptors (Lipinski definition) is 4. The molecule has 25 heavy (non-hydrogen) atoms. The van der Waals surface area contributed by atoms with Gasteiger partial charge >= 0.3 is 0 Å². The maximum Gasteiger partial charge on any atom is 0.239 e. The van der Waals surface area contributed by atoms with Crippen molar-refractivity contribution >= 4 is 28.5 Å². The molecule has 0 aliphatic heterocycles. The van der Waals surface area contributed by atoms with E-state index >= 15 is 0 Å². The minimum atomic E-state index is -0.430. The summed E-state index contributed by atoms with van der Waals surface area (Å²) in [7, 11) is 0. The number of amides is 3. The van der Waals surface area contributed by atoms with E-state index < -0.39 is 5.91 Å². The van der Waals surface area contributed by atoms with Gasteiger partial charge < -0.3 is 21.7 Å². The Hall–Kier alpha value is -2.93. The summed E-state index contributed by atoms with van der Waals surface area (Å²) in [5.74, 6) is -1.08. The van der Waals surface area contributed by atoms with Crippen LogP contribution in [0, 0.1) is 0 Å². The van der Waals surface area contributed by atoms with Gasteiger partial charge in [0.25, 0.3) is 0 Å². The number of nitrogens with one attached hydrogen (secondary N) is 3. The molecule has 0 aliphatic rings. The van der Waals surface area contributed by atoms with E-state index in [2.05, 4.69) is 16.0 Å². The van der Waals surface area contributed by atoms with Crippen molar-refractivity contribution in [2.75, 3.05) is 19.6 Å². The van der Waals surface area contributed by atoms with Crippen LogP contribution in [-0.4, -0.2) is 37.4 Å². The molecule has 0 fully saturated rings. The maximum absolute atomic E-state index is 12.0. The van der Waals surface area contributed by atoms with Gasteiger partial charge in [-0.15, -0.1) is 0 Å². The van der Waals surface area contributed by atoms with Gasteiger partial charge in [0, 0.05) is 13.5 Å². The summed E-state index contributed by atoms with van der Waals surface area (Å²) in [6, 6.07) is 13.5. The first-order valence-electron chi connectivity index (χ1n) is 7.99. The molecule has 1 atom stereocenters. The molecule has 5 N–H and O–H groups in total. The van der Waals surface area contributed by atoms with E-state index in [1.165, 1.54) is 6.92 Å². The molecule has 0 saturated carbocycles. The average molecular weight is 342 g/mol. The Labute approximate surface area is 146 Å². The van der Waals surface area contributed by atoms with Crippen molar-refractivity contribution in [3.63, 3.8) is 0 Å². The molecule has 0 radical (unpaired) electrons. The molecule has 0 saturated heterocycles. The van der Waals surface area contributed by atoms with Crippen LogP contribution in [0.1, 0.15) is 18.5 Å². The van der Waals surface area contributed by atoms with Crippen LogP contribution in [0.15, 0.2) is 42.5 Å². The first kappa shape index (κ1) is 18.4. The normalized spacial score (nSPS) is 11.6. The molecular formula is C18H22N4O3. The number of hydrogen-bond donors (Lipinski definition) is 4. The lowest BCUT2D eigenvalue weighted by molar-refractivity contribution is -0.127. The molecule has 2 aromatic rings. The summed E-state index contributed by atoms with van der Waals surface area (Å²) in [6.45, 7) is 1.22. The second kappa shape index (κ2) is 8.79. The zero-order valence-corrected chi connectivity index (χ0v) is 14.0. The fraction of sp³-hybridized carbons (Fsp3) is 0.278. The first-order valence-corrected chi connectivity index (χ1v) is 7.99. The van der Waals surface area contributed by atoms with Gasteiger partial charge in [-0.25, -0.2) is 0 Å². The predicted molar refractivity (Wildman–Crippen MR) is 95.6 cm³/mol. The van der Waals surface area contributed by atoms with E-state index in [-0.39, 0.29) is 37.5 Å². The highest BCUT2D eigenvalue weighted by Crippen LogP contribution is 2.19. The van der Waals surface area contributed by atoms with Crippen LogP contribution in [0.25, 0.3) is 10.8 Å². The summed E-state index contributed by atoms with van der Waals surface area (Å²) < 4.78 is 0. The molecule has 1 unspecified atom stereocenters. The molecule has 0 spiro atoms. The number of rotatable bonds is 7. The van der Waals surface area contributed by atoms with Crippen molar-refractivity contribution in [1.82, 2.24) is 16.0 Å². The highest BCUT2D eigenvalue weighted by molar-refractivity contribution is 5.88. The second-order valence-electron chi connectivity index (χ2n) is 5.65. The number of carbonyl (C=O) groups excluding carboxylic acids is 3. The molecule has 2 rings (SSSR count). The first-order chi connectivity index (χ1) is 12.0. The van der Waals surface area contributed by atoms with Crippen molar-refractivity contribution in [3.8, 4) is 0 Å². The Morgan fingerprint density at radius 3 is 2.32 bits per heavy atom. The lowest BCUT2D eigenvalue weighted by Crippen LogP contribution is -2.43. The lowest BCUT2D eigenvalue weighted by Gasteiger charge is -2.18.